The van der Waals surface area contributed by atoms with E-state index in [4.69, 9.17) is 11.6 Å². The summed E-state index contributed by atoms with van der Waals surface area (Å²) in [6.07, 6.45) is -3.87. The van der Waals surface area contributed by atoms with Gasteiger partial charge in [0.05, 0.1) is 11.4 Å². The number of carbonyl (C=O) groups is 1. The highest BCUT2D eigenvalue weighted by Gasteiger charge is 2.35. The fraction of sp³-hybridized carbons (Fsp3) is 0.111. The van der Waals surface area contributed by atoms with Gasteiger partial charge in [-0.3, -0.25) is 4.79 Å². The summed E-state index contributed by atoms with van der Waals surface area (Å²) >= 11 is 6.00. The molecule has 140 valence electrons. The lowest BCUT2D eigenvalue weighted by Crippen LogP contribution is -2.18. The zero-order valence-electron chi connectivity index (χ0n) is 14.0. The summed E-state index contributed by atoms with van der Waals surface area (Å²) in [7, 11) is 1.32. The third-order valence-corrected chi connectivity index (χ3v) is 3.89. The molecule has 0 radical (unpaired) electrons. The highest BCUT2D eigenvalue weighted by molar-refractivity contribution is 6.31. The summed E-state index contributed by atoms with van der Waals surface area (Å²) in [5.74, 6) is -1.15. The number of imidazole rings is 1. The highest BCUT2D eigenvalue weighted by atomic mass is 35.5. The van der Waals surface area contributed by atoms with Crippen LogP contribution in [0.15, 0.2) is 54.7 Å². The average molecular weight is 395 g/mol. The Balaban J connectivity index is 1.88. The molecular formula is C18H14ClF3N4O. The second kappa shape index (κ2) is 7.32. The first-order valence-electron chi connectivity index (χ1n) is 7.77. The number of nitrogens with one attached hydrogen (secondary N) is 2. The minimum Gasteiger partial charge on any atom is -0.354 e. The first-order chi connectivity index (χ1) is 12.7. The van der Waals surface area contributed by atoms with Gasteiger partial charge in [-0.25, -0.2) is 4.98 Å². The molecule has 2 aromatic carbocycles. The number of rotatable bonds is 4. The number of carbonyl (C=O) groups excluding carboxylic acids is 1. The average Bonchev–Trinajstić information content (AvgIpc) is 3.00. The van der Waals surface area contributed by atoms with E-state index in [9.17, 15) is 18.0 Å². The van der Waals surface area contributed by atoms with Gasteiger partial charge in [0.1, 0.15) is 0 Å². The molecule has 1 heterocycles. The number of amides is 1. The molecule has 3 rings (SSSR count). The Morgan fingerprint density at radius 1 is 1.11 bits per heavy atom. The molecule has 0 fully saturated rings. The topological polar surface area (TPSA) is 59.0 Å². The SMILES string of the molecule is Cn1cc(C(F)(F)F)nc1C(=O)Nc1cc(Cl)ccc1Nc1ccccc1. The summed E-state index contributed by atoms with van der Waals surface area (Å²) in [6.45, 7) is 0. The van der Waals surface area contributed by atoms with E-state index in [1.807, 2.05) is 30.3 Å². The van der Waals surface area contributed by atoms with Crippen molar-refractivity contribution in [1.82, 2.24) is 9.55 Å². The van der Waals surface area contributed by atoms with Crippen molar-refractivity contribution in [3.8, 4) is 0 Å². The minimum atomic E-state index is -4.63. The van der Waals surface area contributed by atoms with E-state index in [1.54, 1.807) is 12.1 Å². The Hall–Kier alpha value is -3.00. The number of aromatic nitrogens is 2. The van der Waals surface area contributed by atoms with Crippen LogP contribution in [0.5, 0.6) is 0 Å². The Labute approximate surface area is 157 Å². The molecule has 27 heavy (non-hydrogen) atoms. The van der Waals surface area contributed by atoms with Crippen LogP contribution in [0.3, 0.4) is 0 Å². The summed E-state index contributed by atoms with van der Waals surface area (Å²) in [5.41, 5.74) is 0.479. The lowest BCUT2D eigenvalue weighted by Gasteiger charge is -2.13. The van der Waals surface area contributed by atoms with Crippen LogP contribution in [-0.2, 0) is 13.2 Å². The van der Waals surface area contributed by atoms with Crippen LogP contribution in [0.2, 0.25) is 5.02 Å². The Morgan fingerprint density at radius 3 is 2.44 bits per heavy atom. The van der Waals surface area contributed by atoms with Gasteiger partial charge in [0.15, 0.2) is 11.5 Å². The van der Waals surface area contributed by atoms with Gasteiger partial charge in [0.2, 0.25) is 0 Å². The number of anilines is 3. The predicted octanol–water partition coefficient (Wildman–Crippen LogP) is 5.09. The van der Waals surface area contributed by atoms with Crippen LogP contribution in [0.1, 0.15) is 16.3 Å². The minimum absolute atomic E-state index is 0.313. The highest BCUT2D eigenvalue weighted by Crippen LogP contribution is 2.30. The molecule has 0 saturated carbocycles. The number of aryl methyl sites for hydroxylation is 1. The van der Waals surface area contributed by atoms with Crippen molar-refractivity contribution < 1.29 is 18.0 Å². The van der Waals surface area contributed by atoms with E-state index in [-0.39, 0.29) is 5.82 Å². The van der Waals surface area contributed by atoms with Crippen LogP contribution < -0.4 is 10.6 Å². The molecular weight excluding hydrogens is 381 g/mol. The van der Waals surface area contributed by atoms with Gasteiger partial charge in [-0.2, -0.15) is 13.2 Å². The molecule has 0 bridgehead atoms. The van der Waals surface area contributed by atoms with Gasteiger partial charge in [-0.15, -0.1) is 0 Å². The van der Waals surface area contributed by atoms with Gasteiger partial charge >= 0.3 is 6.18 Å². The van der Waals surface area contributed by atoms with Crippen molar-refractivity contribution in [2.75, 3.05) is 10.6 Å². The molecule has 0 atom stereocenters. The third-order valence-electron chi connectivity index (χ3n) is 3.65. The molecule has 5 nitrogen and oxygen atoms in total. The fourth-order valence-corrected chi connectivity index (χ4v) is 2.57. The summed E-state index contributed by atoms with van der Waals surface area (Å²) in [6, 6.07) is 14.0. The zero-order valence-corrected chi connectivity index (χ0v) is 14.8. The van der Waals surface area contributed by atoms with Crippen molar-refractivity contribution in [3.05, 3.63) is 71.3 Å². The molecule has 2 N–H and O–H groups in total. The maximum Gasteiger partial charge on any atom is 0.434 e. The van der Waals surface area contributed by atoms with E-state index in [0.29, 0.717) is 16.4 Å². The first-order valence-corrected chi connectivity index (χ1v) is 8.15. The Morgan fingerprint density at radius 2 is 1.81 bits per heavy atom. The number of nitrogens with zero attached hydrogens (tertiary/aromatic N) is 2. The van der Waals surface area contributed by atoms with Crippen molar-refractivity contribution in [1.29, 1.82) is 0 Å². The van der Waals surface area contributed by atoms with Crippen LogP contribution >= 0.6 is 11.6 Å². The molecule has 0 aliphatic rings. The lowest BCUT2D eigenvalue weighted by atomic mass is 10.2. The number of hydrogen-bond donors (Lipinski definition) is 2. The van der Waals surface area contributed by atoms with Crippen molar-refractivity contribution >= 4 is 34.6 Å². The largest absolute Gasteiger partial charge is 0.434 e. The Kier molecular flexibility index (Phi) is 5.09. The number of alkyl halides is 3. The van der Waals surface area contributed by atoms with E-state index in [1.165, 1.54) is 13.1 Å². The van der Waals surface area contributed by atoms with Gasteiger partial charge < -0.3 is 15.2 Å². The molecule has 3 aromatic rings. The smallest absolute Gasteiger partial charge is 0.354 e. The van der Waals surface area contributed by atoms with E-state index in [2.05, 4.69) is 15.6 Å². The van der Waals surface area contributed by atoms with Gasteiger partial charge in [0, 0.05) is 24.0 Å². The quantitative estimate of drug-likeness (QED) is 0.648. The van der Waals surface area contributed by atoms with Crippen molar-refractivity contribution in [2.24, 2.45) is 7.05 Å². The lowest BCUT2D eigenvalue weighted by molar-refractivity contribution is -0.141. The van der Waals surface area contributed by atoms with Crippen molar-refractivity contribution in [2.45, 2.75) is 6.18 Å². The maximum atomic E-state index is 12.8. The number of halogens is 4. The maximum absolute atomic E-state index is 12.8. The monoisotopic (exact) mass is 394 g/mol. The standard InChI is InChI=1S/C18H14ClF3N4O/c1-26-10-15(18(20,21)22)25-16(26)17(27)24-14-9-11(19)7-8-13(14)23-12-5-3-2-4-6-12/h2-10,23H,1H3,(H,24,27). The van der Waals surface area contributed by atoms with Crippen LogP contribution in [0.25, 0.3) is 0 Å². The molecule has 0 unspecified atom stereocenters. The molecule has 1 aromatic heterocycles. The van der Waals surface area contributed by atoms with Crippen LogP contribution in [0.4, 0.5) is 30.2 Å². The molecule has 0 aliphatic carbocycles. The van der Waals surface area contributed by atoms with Gasteiger partial charge in [0.25, 0.3) is 5.91 Å². The molecule has 0 spiro atoms. The van der Waals surface area contributed by atoms with Crippen LogP contribution in [0, 0.1) is 0 Å². The van der Waals surface area contributed by atoms with Gasteiger partial charge in [-0.05, 0) is 30.3 Å². The summed E-state index contributed by atoms with van der Waals surface area (Å²) in [4.78, 5) is 15.8. The normalized spacial score (nSPS) is 11.3. The second-order valence-electron chi connectivity index (χ2n) is 5.69. The molecule has 1 amide bonds. The van der Waals surface area contributed by atoms with E-state index < -0.39 is 17.8 Å². The number of benzene rings is 2. The first kappa shape index (κ1) is 18.8. The van der Waals surface area contributed by atoms with Gasteiger partial charge in [-0.1, -0.05) is 29.8 Å². The fourth-order valence-electron chi connectivity index (χ4n) is 2.40. The predicted molar refractivity (Wildman–Crippen MR) is 97.3 cm³/mol. The molecule has 9 heteroatoms. The Bertz CT molecular complexity index is 970. The number of para-hydroxylation sites is 1. The zero-order chi connectivity index (χ0) is 19.6. The molecule has 0 saturated heterocycles. The van der Waals surface area contributed by atoms with Crippen LogP contribution in [-0.4, -0.2) is 15.5 Å². The van der Waals surface area contributed by atoms with E-state index in [0.717, 1.165) is 16.5 Å². The molecule has 0 aliphatic heterocycles. The summed E-state index contributed by atoms with van der Waals surface area (Å²) < 4.78 is 39.4. The van der Waals surface area contributed by atoms with E-state index >= 15 is 0 Å². The second-order valence-corrected chi connectivity index (χ2v) is 6.13. The van der Waals surface area contributed by atoms with Crippen molar-refractivity contribution in [3.63, 3.8) is 0 Å². The number of hydrogen-bond acceptors (Lipinski definition) is 3. The third kappa shape index (κ3) is 4.40. The summed E-state index contributed by atoms with van der Waals surface area (Å²) in [5, 5.41) is 6.04.